The molecule has 0 radical (unpaired) electrons. The summed E-state index contributed by atoms with van der Waals surface area (Å²) < 4.78 is 0. The van der Waals surface area contributed by atoms with Crippen LogP contribution in [-0.4, -0.2) is 0 Å². The van der Waals surface area contributed by atoms with Crippen LogP contribution in [0.15, 0.2) is 72.8 Å². The highest BCUT2D eigenvalue weighted by atomic mass is 15.1. The summed E-state index contributed by atoms with van der Waals surface area (Å²) in [6.07, 6.45) is 0. The minimum atomic E-state index is -0.0182. The summed E-state index contributed by atoms with van der Waals surface area (Å²) >= 11 is 0. The Bertz CT molecular complexity index is 841. The van der Waals surface area contributed by atoms with Gasteiger partial charge in [0, 0.05) is 23.1 Å². The van der Waals surface area contributed by atoms with Crippen molar-refractivity contribution in [3.05, 3.63) is 89.5 Å². The second-order valence-corrected chi connectivity index (χ2v) is 8.45. The molecule has 0 bridgehead atoms. The Morgan fingerprint density at radius 3 is 1.63 bits per heavy atom. The van der Waals surface area contributed by atoms with Gasteiger partial charge >= 0.3 is 0 Å². The van der Waals surface area contributed by atoms with E-state index < -0.39 is 0 Å². The lowest BCUT2D eigenvalue weighted by Crippen LogP contribution is -2.26. The van der Waals surface area contributed by atoms with Crippen LogP contribution in [0, 0.1) is 19.3 Å². The van der Waals surface area contributed by atoms with E-state index in [1.165, 1.54) is 11.1 Å². The highest BCUT2D eigenvalue weighted by molar-refractivity contribution is 5.77. The maximum absolute atomic E-state index is 6.54. The third kappa shape index (κ3) is 4.40. The Morgan fingerprint density at radius 2 is 1.19 bits per heavy atom. The van der Waals surface area contributed by atoms with Crippen LogP contribution in [0.2, 0.25) is 0 Å². The Labute approximate surface area is 163 Å². The van der Waals surface area contributed by atoms with Crippen molar-refractivity contribution < 1.29 is 0 Å². The molecule has 2 N–H and O–H groups in total. The average molecular weight is 359 g/mol. The zero-order chi connectivity index (χ0) is 19.6. The smallest absolute Gasteiger partial charge is 0.0464 e. The van der Waals surface area contributed by atoms with Crippen LogP contribution in [-0.2, 0) is 0 Å². The summed E-state index contributed by atoms with van der Waals surface area (Å²) in [5.41, 5.74) is 13.6. The van der Waals surface area contributed by atoms with Crippen molar-refractivity contribution in [1.29, 1.82) is 0 Å². The third-order valence-corrected chi connectivity index (χ3v) is 5.00. The van der Waals surface area contributed by atoms with E-state index in [1.807, 2.05) is 0 Å². The summed E-state index contributed by atoms with van der Waals surface area (Å²) in [5.74, 6) is 0. The summed E-state index contributed by atoms with van der Waals surface area (Å²) in [5, 5.41) is 0. The van der Waals surface area contributed by atoms with Crippen molar-refractivity contribution in [3.63, 3.8) is 0 Å². The van der Waals surface area contributed by atoms with E-state index in [4.69, 9.17) is 5.73 Å². The van der Waals surface area contributed by atoms with Gasteiger partial charge in [0.2, 0.25) is 0 Å². The Morgan fingerprint density at radius 1 is 0.704 bits per heavy atom. The second kappa shape index (κ2) is 7.58. The molecule has 0 aliphatic heterocycles. The molecule has 140 valence electrons. The van der Waals surface area contributed by atoms with Crippen LogP contribution in [0.1, 0.15) is 43.5 Å². The van der Waals surface area contributed by atoms with Crippen molar-refractivity contribution >= 4 is 17.1 Å². The summed E-state index contributed by atoms with van der Waals surface area (Å²) in [6, 6.07) is 25.9. The van der Waals surface area contributed by atoms with Crippen LogP contribution in [0.5, 0.6) is 0 Å². The first kappa shape index (κ1) is 19.2. The van der Waals surface area contributed by atoms with Gasteiger partial charge in [0.15, 0.2) is 0 Å². The molecule has 0 aliphatic carbocycles. The minimum absolute atomic E-state index is 0.0111. The highest BCUT2D eigenvalue weighted by Crippen LogP contribution is 2.37. The zero-order valence-electron chi connectivity index (χ0n) is 17.0. The normalized spacial score (nSPS) is 12.7. The lowest BCUT2D eigenvalue weighted by molar-refractivity contribution is 0.327. The number of aryl methyl sites for hydroxylation is 2. The first-order valence-corrected chi connectivity index (χ1v) is 9.55. The average Bonchev–Trinajstić information content (AvgIpc) is 2.64. The van der Waals surface area contributed by atoms with E-state index in [2.05, 4.69) is 112 Å². The maximum Gasteiger partial charge on any atom is 0.0464 e. The number of anilines is 3. The van der Waals surface area contributed by atoms with E-state index >= 15 is 0 Å². The van der Waals surface area contributed by atoms with Crippen LogP contribution in [0.25, 0.3) is 0 Å². The molecule has 1 atom stereocenters. The predicted octanol–water partition coefficient (Wildman–Crippen LogP) is 6.82. The fourth-order valence-electron chi connectivity index (χ4n) is 3.19. The Balaban J connectivity index is 2.11. The molecular weight excluding hydrogens is 328 g/mol. The van der Waals surface area contributed by atoms with Crippen molar-refractivity contribution in [1.82, 2.24) is 0 Å². The maximum atomic E-state index is 6.54. The van der Waals surface area contributed by atoms with E-state index in [0.717, 1.165) is 22.6 Å². The SMILES string of the molecule is Cc1ccc(N(c2ccc(C)cc2)c2cccc(C(N)C(C)(C)C)c2)cc1. The Hall–Kier alpha value is -2.58. The molecule has 0 fully saturated rings. The molecule has 2 nitrogen and oxygen atoms in total. The fourth-order valence-corrected chi connectivity index (χ4v) is 3.19. The highest BCUT2D eigenvalue weighted by Gasteiger charge is 2.23. The van der Waals surface area contributed by atoms with Crippen LogP contribution in [0.4, 0.5) is 17.1 Å². The minimum Gasteiger partial charge on any atom is -0.324 e. The van der Waals surface area contributed by atoms with Crippen molar-refractivity contribution in [2.45, 2.75) is 40.7 Å². The molecule has 0 spiro atoms. The molecule has 2 heteroatoms. The molecule has 0 amide bonds. The first-order chi connectivity index (χ1) is 12.8. The Kier molecular flexibility index (Phi) is 5.38. The molecule has 3 aromatic carbocycles. The van der Waals surface area contributed by atoms with E-state index in [9.17, 15) is 0 Å². The van der Waals surface area contributed by atoms with Crippen molar-refractivity contribution in [3.8, 4) is 0 Å². The van der Waals surface area contributed by atoms with Gasteiger partial charge in [-0.2, -0.15) is 0 Å². The number of nitrogens with two attached hydrogens (primary N) is 1. The van der Waals surface area contributed by atoms with Gasteiger partial charge in [0.1, 0.15) is 0 Å². The fraction of sp³-hybridized carbons (Fsp3) is 0.280. The van der Waals surface area contributed by atoms with E-state index in [0.29, 0.717) is 0 Å². The van der Waals surface area contributed by atoms with Gasteiger partial charge in [0.25, 0.3) is 0 Å². The quantitative estimate of drug-likeness (QED) is 0.554. The number of hydrogen-bond donors (Lipinski definition) is 1. The van der Waals surface area contributed by atoms with Crippen LogP contribution in [0.3, 0.4) is 0 Å². The standard InChI is InChI=1S/C25H30N2/c1-18-9-13-21(14-10-18)27(22-15-11-19(2)12-16-22)23-8-6-7-20(17-23)24(26)25(3,4)5/h6-17,24H,26H2,1-5H3. The second-order valence-electron chi connectivity index (χ2n) is 8.45. The van der Waals surface area contributed by atoms with Gasteiger partial charge in [-0.25, -0.2) is 0 Å². The molecule has 0 aliphatic rings. The van der Waals surface area contributed by atoms with Gasteiger partial charge in [-0.15, -0.1) is 0 Å². The summed E-state index contributed by atoms with van der Waals surface area (Å²) in [6.45, 7) is 10.8. The van der Waals surface area contributed by atoms with Gasteiger partial charge < -0.3 is 10.6 Å². The molecule has 1 unspecified atom stereocenters. The lowest BCUT2D eigenvalue weighted by Gasteiger charge is -2.30. The number of hydrogen-bond acceptors (Lipinski definition) is 2. The monoisotopic (exact) mass is 358 g/mol. The molecule has 27 heavy (non-hydrogen) atoms. The number of nitrogens with zero attached hydrogens (tertiary/aromatic N) is 1. The van der Waals surface area contributed by atoms with Gasteiger partial charge in [-0.05, 0) is 61.2 Å². The molecule has 0 heterocycles. The topological polar surface area (TPSA) is 29.3 Å². The molecular formula is C25H30N2. The van der Waals surface area contributed by atoms with Crippen molar-refractivity contribution in [2.24, 2.45) is 11.1 Å². The molecule has 0 saturated carbocycles. The third-order valence-electron chi connectivity index (χ3n) is 5.00. The van der Waals surface area contributed by atoms with Gasteiger partial charge in [-0.1, -0.05) is 68.3 Å². The lowest BCUT2D eigenvalue weighted by atomic mass is 9.83. The molecule has 3 aromatic rings. The van der Waals surface area contributed by atoms with Crippen LogP contribution < -0.4 is 10.6 Å². The number of rotatable bonds is 4. The van der Waals surface area contributed by atoms with Gasteiger partial charge in [-0.3, -0.25) is 0 Å². The van der Waals surface area contributed by atoms with Gasteiger partial charge in [0.05, 0.1) is 0 Å². The largest absolute Gasteiger partial charge is 0.324 e. The molecule has 0 saturated heterocycles. The van der Waals surface area contributed by atoms with E-state index in [1.54, 1.807) is 0 Å². The van der Waals surface area contributed by atoms with E-state index in [-0.39, 0.29) is 11.5 Å². The summed E-state index contributed by atoms with van der Waals surface area (Å²) in [4.78, 5) is 2.29. The number of benzene rings is 3. The zero-order valence-corrected chi connectivity index (χ0v) is 17.0. The first-order valence-electron chi connectivity index (χ1n) is 9.55. The van der Waals surface area contributed by atoms with Crippen LogP contribution >= 0.6 is 0 Å². The van der Waals surface area contributed by atoms with Crippen molar-refractivity contribution in [2.75, 3.05) is 4.90 Å². The summed E-state index contributed by atoms with van der Waals surface area (Å²) in [7, 11) is 0. The molecule has 0 aromatic heterocycles. The molecule has 3 rings (SSSR count). The predicted molar refractivity (Wildman–Crippen MR) is 117 cm³/mol.